The average molecular weight is 274 g/mol. The van der Waals surface area contributed by atoms with Gasteiger partial charge in [-0.1, -0.05) is 13.3 Å². The zero-order valence-corrected chi connectivity index (χ0v) is 12.3. The van der Waals surface area contributed by atoms with Crippen molar-refractivity contribution >= 4 is 17.8 Å². The maximum atomic E-state index is 11.7. The Labute approximate surface area is 114 Å². The smallest absolute Gasteiger partial charge is 0.315 e. The lowest BCUT2D eigenvalue weighted by Gasteiger charge is -2.26. The summed E-state index contributed by atoms with van der Waals surface area (Å²) in [5.74, 6) is 1.38. The van der Waals surface area contributed by atoms with E-state index in [0.29, 0.717) is 12.5 Å². The second kappa shape index (κ2) is 8.64. The average Bonchev–Trinajstić information content (AvgIpc) is 2.36. The summed E-state index contributed by atoms with van der Waals surface area (Å²) >= 11 is 1.75. The van der Waals surface area contributed by atoms with Crippen molar-refractivity contribution < 1.29 is 9.90 Å². The normalized spacial score (nSPS) is 25.5. The van der Waals surface area contributed by atoms with Crippen molar-refractivity contribution in [2.45, 2.75) is 51.2 Å². The van der Waals surface area contributed by atoms with Crippen molar-refractivity contribution in [3.05, 3.63) is 0 Å². The van der Waals surface area contributed by atoms with Gasteiger partial charge in [0.05, 0.1) is 6.10 Å². The maximum absolute atomic E-state index is 11.7. The van der Waals surface area contributed by atoms with Gasteiger partial charge < -0.3 is 15.7 Å². The van der Waals surface area contributed by atoms with Gasteiger partial charge in [-0.25, -0.2) is 4.79 Å². The Hall–Kier alpha value is -0.420. The zero-order valence-electron chi connectivity index (χ0n) is 11.4. The molecule has 2 amide bonds. The van der Waals surface area contributed by atoms with Crippen LogP contribution < -0.4 is 10.6 Å². The van der Waals surface area contributed by atoms with E-state index in [2.05, 4.69) is 17.6 Å². The molecule has 0 aromatic rings. The molecule has 0 aliphatic heterocycles. The first-order valence-corrected chi connectivity index (χ1v) is 8.26. The van der Waals surface area contributed by atoms with Gasteiger partial charge in [0.25, 0.3) is 0 Å². The summed E-state index contributed by atoms with van der Waals surface area (Å²) in [4.78, 5) is 11.7. The van der Waals surface area contributed by atoms with Crippen LogP contribution in [-0.4, -0.2) is 41.8 Å². The van der Waals surface area contributed by atoms with Crippen LogP contribution in [0, 0.1) is 5.92 Å². The summed E-state index contributed by atoms with van der Waals surface area (Å²) in [6.45, 7) is 2.76. The van der Waals surface area contributed by atoms with Gasteiger partial charge in [0, 0.05) is 18.3 Å². The van der Waals surface area contributed by atoms with Gasteiger partial charge in [-0.3, -0.25) is 0 Å². The highest BCUT2D eigenvalue weighted by Crippen LogP contribution is 2.23. The molecular formula is C13H26N2O2S. The van der Waals surface area contributed by atoms with Crippen molar-refractivity contribution in [1.29, 1.82) is 0 Å². The molecule has 0 radical (unpaired) electrons. The van der Waals surface area contributed by atoms with Crippen LogP contribution >= 0.6 is 11.8 Å². The Morgan fingerprint density at radius 3 is 2.89 bits per heavy atom. The molecule has 3 atom stereocenters. The molecule has 0 saturated heterocycles. The van der Waals surface area contributed by atoms with E-state index in [1.807, 2.05) is 6.26 Å². The first-order valence-electron chi connectivity index (χ1n) is 6.87. The largest absolute Gasteiger partial charge is 0.393 e. The SMILES string of the molecule is CCC(CSC)NC(=O)NCC1CCCC(O)C1. The quantitative estimate of drug-likeness (QED) is 0.694. The first-order chi connectivity index (χ1) is 8.65. The molecule has 1 aliphatic carbocycles. The third-order valence-electron chi connectivity index (χ3n) is 3.50. The first kappa shape index (κ1) is 15.6. The Morgan fingerprint density at radius 1 is 1.50 bits per heavy atom. The van der Waals surface area contributed by atoms with Crippen LogP contribution in [0.4, 0.5) is 4.79 Å². The van der Waals surface area contributed by atoms with Crippen LogP contribution in [0.1, 0.15) is 39.0 Å². The van der Waals surface area contributed by atoms with E-state index in [4.69, 9.17) is 0 Å². The highest BCUT2D eigenvalue weighted by atomic mass is 32.2. The fourth-order valence-corrected chi connectivity index (χ4v) is 3.11. The van der Waals surface area contributed by atoms with E-state index in [1.165, 1.54) is 0 Å². The third-order valence-corrected chi connectivity index (χ3v) is 4.24. The Bertz CT molecular complexity index is 251. The van der Waals surface area contributed by atoms with Crippen molar-refractivity contribution in [1.82, 2.24) is 10.6 Å². The molecule has 0 heterocycles. The minimum atomic E-state index is -0.173. The lowest BCUT2D eigenvalue weighted by atomic mass is 9.87. The van der Waals surface area contributed by atoms with Gasteiger partial charge in [0.15, 0.2) is 0 Å². The number of amides is 2. The summed E-state index contributed by atoms with van der Waals surface area (Å²) in [7, 11) is 0. The number of aliphatic hydroxyl groups excluding tert-OH is 1. The second-order valence-electron chi connectivity index (χ2n) is 5.10. The molecule has 3 N–H and O–H groups in total. The Morgan fingerprint density at radius 2 is 2.28 bits per heavy atom. The topological polar surface area (TPSA) is 61.4 Å². The molecule has 18 heavy (non-hydrogen) atoms. The summed E-state index contributed by atoms with van der Waals surface area (Å²) in [5.41, 5.74) is 0. The summed E-state index contributed by atoms with van der Waals surface area (Å²) in [6.07, 6.45) is 6.74. The monoisotopic (exact) mass is 274 g/mol. The molecule has 0 spiro atoms. The van der Waals surface area contributed by atoms with Crippen molar-refractivity contribution in [3.8, 4) is 0 Å². The number of hydrogen-bond acceptors (Lipinski definition) is 3. The molecule has 5 heteroatoms. The Balaban J connectivity index is 2.19. The van der Waals surface area contributed by atoms with E-state index in [0.717, 1.165) is 37.9 Å². The number of aliphatic hydroxyl groups is 1. The van der Waals surface area contributed by atoms with E-state index >= 15 is 0 Å². The van der Waals surface area contributed by atoms with Crippen LogP contribution in [0.5, 0.6) is 0 Å². The van der Waals surface area contributed by atoms with Gasteiger partial charge in [-0.15, -0.1) is 0 Å². The van der Waals surface area contributed by atoms with Gasteiger partial charge in [-0.2, -0.15) is 11.8 Å². The predicted molar refractivity (Wildman–Crippen MR) is 77.0 cm³/mol. The number of nitrogens with one attached hydrogen (secondary N) is 2. The molecule has 3 unspecified atom stereocenters. The molecule has 0 bridgehead atoms. The minimum absolute atomic E-state index is 0.0732. The summed E-state index contributed by atoms with van der Waals surface area (Å²) in [5, 5.41) is 15.5. The molecule has 0 aromatic heterocycles. The van der Waals surface area contributed by atoms with Gasteiger partial charge in [0.2, 0.25) is 0 Å². The highest BCUT2D eigenvalue weighted by Gasteiger charge is 2.20. The maximum Gasteiger partial charge on any atom is 0.315 e. The molecular weight excluding hydrogens is 248 g/mol. The number of carbonyl (C=O) groups excluding carboxylic acids is 1. The number of rotatable bonds is 6. The predicted octanol–water partition coefficient (Wildman–Crippen LogP) is 1.98. The van der Waals surface area contributed by atoms with Crippen LogP contribution in [0.15, 0.2) is 0 Å². The minimum Gasteiger partial charge on any atom is -0.393 e. The summed E-state index contributed by atoms with van der Waals surface area (Å²) in [6, 6.07) is 0.174. The van der Waals surface area contributed by atoms with Crippen LogP contribution in [0.3, 0.4) is 0 Å². The fraction of sp³-hybridized carbons (Fsp3) is 0.923. The van der Waals surface area contributed by atoms with Crippen molar-refractivity contribution in [3.63, 3.8) is 0 Å². The Kier molecular flexibility index (Phi) is 7.51. The molecule has 0 aromatic carbocycles. The lowest BCUT2D eigenvalue weighted by molar-refractivity contribution is 0.101. The van der Waals surface area contributed by atoms with Crippen molar-refractivity contribution in [2.24, 2.45) is 5.92 Å². The number of thioether (sulfide) groups is 1. The van der Waals surface area contributed by atoms with E-state index in [-0.39, 0.29) is 18.2 Å². The molecule has 1 aliphatic rings. The van der Waals surface area contributed by atoms with E-state index in [1.54, 1.807) is 11.8 Å². The van der Waals surface area contributed by atoms with Gasteiger partial charge in [0.1, 0.15) is 0 Å². The highest BCUT2D eigenvalue weighted by molar-refractivity contribution is 7.98. The lowest BCUT2D eigenvalue weighted by Crippen LogP contribution is -2.45. The van der Waals surface area contributed by atoms with E-state index < -0.39 is 0 Å². The van der Waals surface area contributed by atoms with Gasteiger partial charge >= 0.3 is 6.03 Å². The van der Waals surface area contributed by atoms with Crippen molar-refractivity contribution in [2.75, 3.05) is 18.6 Å². The van der Waals surface area contributed by atoms with Gasteiger partial charge in [-0.05, 0) is 37.9 Å². The fourth-order valence-electron chi connectivity index (χ4n) is 2.38. The number of urea groups is 1. The van der Waals surface area contributed by atoms with Crippen LogP contribution in [0.2, 0.25) is 0 Å². The summed E-state index contributed by atoms with van der Waals surface area (Å²) < 4.78 is 0. The molecule has 1 saturated carbocycles. The second-order valence-corrected chi connectivity index (χ2v) is 6.01. The molecule has 106 valence electrons. The van der Waals surface area contributed by atoms with E-state index in [9.17, 15) is 9.90 Å². The number of hydrogen-bond donors (Lipinski definition) is 3. The molecule has 1 rings (SSSR count). The standard InChI is InChI=1S/C13H26N2O2S/c1-3-11(9-18-2)15-13(17)14-8-10-5-4-6-12(16)7-10/h10-12,16H,3-9H2,1-2H3,(H2,14,15,17). The third kappa shape index (κ3) is 5.96. The molecule has 1 fully saturated rings. The molecule has 4 nitrogen and oxygen atoms in total. The zero-order chi connectivity index (χ0) is 13.4. The number of carbonyl (C=O) groups is 1. The van der Waals surface area contributed by atoms with Crippen LogP contribution in [0.25, 0.3) is 0 Å². The van der Waals surface area contributed by atoms with Crippen LogP contribution in [-0.2, 0) is 0 Å².